The maximum Gasteiger partial charge on any atom is 0.131 e. The number of halogens is 1. The summed E-state index contributed by atoms with van der Waals surface area (Å²) in [6, 6.07) is 23.9. The van der Waals surface area contributed by atoms with Crippen LogP contribution in [0, 0.1) is 24.1 Å². The highest BCUT2D eigenvalue weighted by molar-refractivity contribution is 5.89. The van der Waals surface area contributed by atoms with Crippen molar-refractivity contribution >= 4 is 11.6 Å². The van der Waals surface area contributed by atoms with Crippen molar-refractivity contribution in [2.24, 2.45) is 0 Å². The van der Waals surface area contributed by atoms with E-state index in [0.717, 1.165) is 16.9 Å². The van der Waals surface area contributed by atoms with Crippen LogP contribution in [0.5, 0.6) is 5.75 Å². The first-order chi connectivity index (χ1) is 12.7. The van der Waals surface area contributed by atoms with E-state index in [1.54, 1.807) is 24.3 Å². The average Bonchev–Trinajstić information content (AvgIpc) is 2.67. The van der Waals surface area contributed by atoms with Gasteiger partial charge in [0.15, 0.2) is 0 Å². The van der Waals surface area contributed by atoms with E-state index in [4.69, 9.17) is 4.74 Å². The molecule has 0 heterocycles. The van der Waals surface area contributed by atoms with Crippen molar-refractivity contribution in [1.29, 1.82) is 5.26 Å². The molecule has 0 unspecified atom stereocenters. The summed E-state index contributed by atoms with van der Waals surface area (Å²) in [5, 5.41) is 9.34. The zero-order chi connectivity index (χ0) is 18.4. The molecular weight excluding hydrogens is 325 g/mol. The lowest BCUT2D eigenvalue weighted by molar-refractivity contribution is 0.306. The molecule has 3 heteroatoms. The fraction of sp³-hybridized carbons (Fsp3) is 0.0870. The Kier molecular flexibility index (Phi) is 5.46. The van der Waals surface area contributed by atoms with Gasteiger partial charge in [-0.2, -0.15) is 5.26 Å². The molecule has 0 saturated heterocycles. The molecule has 0 atom stereocenters. The molecule has 0 aliphatic heterocycles. The van der Waals surface area contributed by atoms with Crippen LogP contribution >= 0.6 is 0 Å². The quantitative estimate of drug-likeness (QED) is 0.435. The normalized spacial score (nSPS) is 11.0. The molecule has 0 spiro atoms. The second-order valence-corrected chi connectivity index (χ2v) is 5.99. The summed E-state index contributed by atoms with van der Waals surface area (Å²) in [6.45, 7) is 2.54. The molecule has 0 fully saturated rings. The zero-order valence-electron chi connectivity index (χ0n) is 14.4. The van der Waals surface area contributed by atoms with E-state index < -0.39 is 5.82 Å². The van der Waals surface area contributed by atoms with Crippen LogP contribution in [0.15, 0.2) is 72.8 Å². The van der Waals surface area contributed by atoms with Gasteiger partial charge in [-0.15, -0.1) is 0 Å². The molecule has 0 bridgehead atoms. The largest absolute Gasteiger partial charge is 0.489 e. The number of aryl methyl sites for hydroxylation is 1. The van der Waals surface area contributed by atoms with E-state index in [-0.39, 0.29) is 5.57 Å². The fourth-order valence-electron chi connectivity index (χ4n) is 2.53. The number of hydrogen-bond donors (Lipinski definition) is 0. The maximum atomic E-state index is 13.9. The molecule has 0 amide bonds. The van der Waals surface area contributed by atoms with Crippen molar-refractivity contribution in [3.63, 3.8) is 0 Å². The van der Waals surface area contributed by atoms with Crippen molar-refractivity contribution in [2.75, 3.05) is 0 Å². The number of nitrogens with zero attached hydrogens (tertiary/aromatic N) is 1. The third-order valence-corrected chi connectivity index (χ3v) is 4.00. The van der Waals surface area contributed by atoms with Gasteiger partial charge in [0.2, 0.25) is 0 Å². The first kappa shape index (κ1) is 17.4. The molecule has 26 heavy (non-hydrogen) atoms. The summed E-state index contributed by atoms with van der Waals surface area (Å²) in [7, 11) is 0. The third kappa shape index (κ3) is 4.37. The maximum absolute atomic E-state index is 13.9. The molecule has 0 radical (unpaired) electrons. The highest BCUT2D eigenvalue weighted by atomic mass is 19.1. The van der Waals surface area contributed by atoms with Crippen LogP contribution in [0.2, 0.25) is 0 Å². The first-order valence-electron chi connectivity index (χ1n) is 8.31. The molecule has 0 saturated carbocycles. The number of nitriles is 1. The van der Waals surface area contributed by atoms with Crippen LogP contribution in [0.25, 0.3) is 11.6 Å². The fourth-order valence-corrected chi connectivity index (χ4v) is 2.53. The van der Waals surface area contributed by atoms with Gasteiger partial charge in [-0.25, -0.2) is 4.39 Å². The Labute approximate surface area is 152 Å². The van der Waals surface area contributed by atoms with E-state index in [1.807, 2.05) is 43.3 Å². The highest BCUT2D eigenvalue weighted by Crippen LogP contribution is 2.22. The Bertz CT molecular complexity index is 951. The van der Waals surface area contributed by atoms with Crippen LogP contribution in [0.1, 0.15) is 22.3 Å². The monoisotopic (exact) mass is 343 g/mol. The zero-order valence-corrected chi connectivity index (χ0v) is 14.4. The predicted molar refractivity (Wildman–Crippen MR) is 102 cm³/mol. The minimum absolute atomic E-state index is 0.288. The number of hydrogen-bond acceptors (Lipinski definition) is 2. The summed E-state index contributed by atoms with van der Waals surface area (Å²) < 4.78 is 19.6. The smallest absolute Gasteiger partial charge is 0.131 e. The van der Waals surface area contributed by atoms with Gasteiger partial charge in [-0.05, 0) is 42.3 Å². The molecule has 2 nitrogen and oxygen atoms in total. The van der Waals surface area contributed by atoms with Gasteiger partial charge in [0.05, 0.1) is 11.6 Å². The predicted octanol–water partition coefficient (Wildman–Crippen LogP) is 5.78. The molecule has 3 aromatic carbocycles. The van der Waals surface area contributed by atoms with Gasteiger partial charge in [0.1, 0.15) is 18.2 Å². The second kappa shape index (κ2) is 8.13. The molecular formula is C23H18FNO. The Hall–Kier alpha value is -3.38. The van der Waals surface area contributed by atoms with Gasteiger partial charge < -0.3 is 4.74 Å². The number of allylic oxidation sites excluding steroid dienone is 1. The van der Waals surface area contributed by atoms with Crippen molar-refractivity contribution in [2.45, 2.75) is 13.5 Å². The lowest BCUT2D eigenvalue weighted by Gasteiger charge is -2.07. The number of benzene rings is 3. The molecule has 0 aliphatic carbocycles. The van der Waals surface area contributed by atoms with Crippen LogP contribution in [-0.4, -0.2) is 0 Å². The summed E-state index contributed by atoms with van der Waals surface area (Å²) in [5.74, 6) is 0.338. The second-order valence-electron chi connectivity index (χ2n) is 5.99. The van der Waals surface area contributed by atoms with Crippen LogP contribution in [-0.2, 0) is 6.61 Å². The van der Waals surface area contributed by atoms with Crippen LogP contribution < -0.4 is 4.74 Å². The van der Waals surface area contributed by atoms with Crippen molar-refractivity contribution in [3.8, 4) is 11.8 Å². The number of rotatable bonds is 5. The topological polar surface area (TPSA) is 33.0 Å². The van der Waals surface area contributed by atoms with Gasteiger partial charge in [0.25, 0.3) is 0 Å². The van der Waals surface area contributed by atoms with Crippen LogP contribution in [0.4, 0.5) is 4.39 Å². The minimum atomic E-state index is -0.404. The van der Waals surface area contributed by atoms with E-state index >= 15 is 0 Å². The van der Waals surface area contributed by atoms with Crippen molar-refractivity contribution in [1.82, 2.24) is 0 Å². The van der Waals surface area contributed by atoms with Gasteiger partial charge in [-0.3, -0.25) is 0 Å². The first-order valence-corrected chi connectivity index (χ1v) is 8.31. The number of ether oxygens (including phenoxy) is 1. The van der Waals surface area contributed by atoms with E-state index in [9.17, 15) is 9.65 Å². The highest BCUT2D eigenvalue weighted by Gasteiger charge is 2.06. The Balaban J connectivity index is 1.71. The minimum Gasteiger partial charge on any atom is -0.489 e. The van der Waals surface area contributed by atoms with E-state index in [0.29, 0.717) is 12.2 Å². The van der Waals surface area contributed by atoms with E-state index in [1.165, 1.54) is 11.6 Å². The third-order valence-electron chi connectivity index (χ3n) is 4.00. The summed E-state index contributed by atoms with van der Waals surface area (Å²) >= 11 is 0. The van der Waals surface area contributed by atoms with Gasteiger partial charge >= 0.3 is 0 Å². The van der Waals surface area contributed by atoms with Crippen molar-refractivity contribution < 1.29 is 9.13 Å². The lowest BCUT2D eigenvalue weighted by Crippen LogP contribution is -1.95. The Morgan fingerprint density at radius 1 is 1.00 bits per heavy atom. The molecule has 3 rings (SSSR count). The van der Waals surface area contributed by atoms with Gasteiger partial charge in [0, 0.05) is 5.56 Å². The van der Waals surface area contributed by atoms with E-state index in [2.05, 4.69) is 18.2 Å². The van der Waals surface area contributed by atoms with Crippen molar-refractivity contribution in [3.05, 3.63) is 101 Å². The summed E-state index contributed by atoms with van der Waals surface area (Å²) in [4.78, 5) is 0. The lowest BCUT2D eigenvalue weighted by atomic mass is 10.0. The van der Waals surface area contributed by atoms with Gasteiger partial charge in [-0.1, -0.05) is 60.2 Å². The average molecular weight is 343 g/mol. The summed E-state index contributed by atoms with van der Waals surface area (Å²) in [6.07, 6.45) is 1.67. The molecule has 0 aromatic heterocycles. The Morgan fingerprint density at radius 2 is 1.69 bits per heavy atom. The standard InChI is InChI=1S/C23H18FNO/c1-17-6-8-19(9-7-17)16-26-21-12-10-18(11-13-21)14-20(15-25)22-4-2-3-5-23(22)24/h2-14H,16H2,1H3. The molecule has 128 valence electrons. The SMILES string of the molecule is Cc1ccc(COc2ccc(C=C(C#N)c3ccccc3F)cc2)cc1. The molecule has 0 aliphatic rings. The van der Waals surface area contributed by atoms with Crippen LogP contribution in [0.3, 0.4) is 0 Å². The molecule has 3 aromatic rings. The summed E-state index contributed by atoms with van der Waals surface area (Å²) in [5.41, 5.74) is 3.72. The Morgan fingerprint density at radius 3 is 2.35 bits per heavy atom. The molecule has 0 N–H and O–H groups in total.